The molecule has 19 heavy (non-hydrogen) atoms. The van der Waals surface area contributed by atoms with Crippen molar-refractivity contribution < 1.29 is 5.21 Å². The highest BCUT2D eigenvalue weighted by atomic mass is 79.9. The minimum atomic E-state index is 0.00281. The molecule has 7 heteroatoms. The van der Waals surface area contributed by atoms with Gasteiger partial charge in [0.1, 0.15) is 0 Å². The van der Waals surface area contributed by atoms with Crippen LogP contribution in [0, 0.1) is 0 Å². The van der Waals surface area contributed by atoms with E-state index in [9.17, 15) is 0 Å². The third kappa shape index (κ3) is 3.92. The van der Waals surface area contributed by atoms with E-state index in [1.165, 1.54) is 4.88 Å². The molecule has 1 aliphatic rings. The molecule has 0 radical (unpaired) electrons. The molecule has 0 amide bonds. The summed E-state index contributed by atoms with van der Waals surface area (Å²) < 4.78 is 1.16. The van der Waals surface area contributed by atoms with Gasteiger partial charge in [-0.2, -0.15) is 0 Å². The predicted octanol–water partition coefficient (Wildman–Crippen LogP) is 1.76. The molecule has 1 atom stereocenters. The van der Waals surface area contributed by atoms with Gasteiger partial charge in [0.25, 0.3) is 0 Å². The predicted molar refractivity (Wildman–Crippen MR) is 81.7 cm³/mol. The van der Waals surface area contributed by atoms with Crippen LogP contribution in [0.3, 0.4) is 0 Å². The van der Waals surface area contributed by atoms with E-state index in [1.54, 1.807) is 11.3 Å². The van der Waals surface area contributed by atoms with Gasteiger partial charge in [0.15, 0.2) is 5.84 Å². The lowest BCUT2D eigenvalue weighted by atomic mass is 10.2. The molecule has 0 saturated carbocycles. The molecule has 0 aromatic carbocycles. The largest absolute Gasteiger partial charge is 0.409 e. The zero-order valence-electron chi connectivity index (χ0n) is 10.9. The van der Waals surface area contributed by atoms with E-state index in [-0.39, 0.29) is 11.9 Å². The SMILES string of the molecule is CC(C(N)=NO)N1CCN(Cc2cc(Br)cs2)CC1. The Morgan fingerprint density at radius 2 is 2.21 bits per heavy atom. The van der Waals surface area contributed by atoms with Crippen LogP contribution in [0.1, 0.15) is 11.8 Å². The summed E-state index contributed by atoms with van der Waals surface area (Å²) in [5.41, 5.74) is 5.65. The lowest BCUT2D eigenvalue weighted by molar-refractivity contribution is 0.116. The standard InChI is InChI=1S/C12H19BrN4OS/c1-9(12(14)15-18)17-4-2-16(3-5-17)7-11-6-10(13)8-19-11/h6,8-9,18H,2-5,7H2,1H3,(H2,14,15). The zero-order valence-corrected chi connectivity index (χ0v) is 13.3. The van der Waals surface area contributed by atoms with Gasteiger partial charge in [-0.25, -0.2) is 0 Å². The van der Waals surface area contributed by atoms with Gasteiger partial charge in [-0.1, -0.05) is 5.16 Å². The molecule has 0 spiro atoms. The summed E-state index contributed by atoms with van der Waals surface area (Å²) in [5, 5.41) is 13.9. The number of nitrogens with zero attached hydrogens (tertiary/aromatic N) is 3. The first-order valence-electron chi connectivity index (χ1n) is 6.27. The summed E-state index contributed by atoms with van der Waals surface area (Å²) in [6.45, 7) is 6.90. The number of nitrogens with two attached hydrogens (primary N) is 1. The molecule has 2 rings (SSSR count). The molecule has 1 aromatic heterocycles. The van der Waals surface area contributed by atoms with Crippen molar-refractivity contribution in [3.63, 3.8) is 0 Å². The lowest BCUT2D eigenvalue weighted by Gasteiger charge is -2.37. The second-order valence-corrected chi connectivity index (χ2v) is 6.66. The maximum atomic E-state index is 8.71. The summed E-state index contributed by atoms with van der Waals surface area (Å²) in [6.07, 6.45) is 0. The molecular formula is C12H19BrN4OS. The molecule has 1 fully saturated rings. The van der Waals surface area contributed by atoms with Gasteiger partial charge < -0.3 is 10.9 Å². The van der Waals surface area contributed by atoms with Crippen LogP contribution in [-0.2, 0) is 6.54 Å². The summed E-state index contributed by atoms with van der Waals surface area (Å²) in [4.78, 5) is 6.06. The van der Waals surface area contributed by atoms with Gasteiger partial charge in [0.2, 0.25) is 0 Å². The van der Waals surface area contributed by atoms with Crippen molar-refractivity contribution in [2.24, 2.45) is 10.9 Å². The van der Waals surface area contributed by atoms with Gasteiger partial charge in [0, 0.05) is 47.5 Å². The Morgan fingerprint density at radius 1 is 1.53 bits per heavy atom. The van der Waals surface area contributed by atoms with Crippen LogP contribution in [0.4, 0.5) is 0 Å². The number of hydrogen-bond donors (Lipinski definition) is 2. The molecular weight excluding hydrogens is 328 g/mol. The fourth-order valence-electron chi connectivity index (χ4n) is 2.24. The molecule has 1 unspecified atom stereocenters. The van der Waals surface area contributed by atoms with E-state index in [1.807, 2.05) is 6.92 Å². The van der Waals surface area contributed by atoms with Crippen LogP contribution >= 0.6 is 27.3 Å². The number of rotatable bonds is 4. The molecule has 0 aliphatic carbocycles. The van der Waals surface area contributed by atoms with Gasteiger partial charge in [-0.3, -0.25) is 9.80 Å². The third-order valence-corrected chi connectivity index (χ3v) is 5.18. The molecule has 1 saturated heterocycles. The van der Waals surface area contributed by atoms with Crippen molar-refractivity contribution in [1.29, 1.82) is 0 Å². The van der Waals surface area contributed by atoms with E-state index >= 15 is 0 Å². The highest BCUT2D eigenvalue weighted by Crippen LogP contribution is 2.21. The average Bonchev–Trinajstić information content (AvgIpc) is 2.83. The summed E-state index contributed by atoms with van der Waals surface area (Å²) >= 11 is 5.27. The highest BCUT2D eigenvalue weighted by Gasteiger charge is 2.23. The number of hydrogen-bond acceptors (Lipinski definition) is 5. The van der Waals surface area contributed by atoms with E-state index < -0.39 is 0 Å². The summed E-state index contributed by atoms with van der Waals surface area (Å²) in [6, 6.07) is 2.18. The van der Waals surface area contributed by atoms with E-state index in [2.05, 4.69) is 42.3 Å². The van der Waals surface area contributed by atoms with Gasteiger partial charge >= 0.3 is 0 Å². The second kappa shape index (κ2) is 6.69. The van der Waals surface area contributed by atoms with Crippen molar-refractivity contribution >= 4 is 33.1 Å². The Labute approximate surface area is 125 Å². The average molecular weight is 347 g/mol. The molecule has 1 aromatic rings. The molecule has 3 N–H and O–H groups in total. The maximum Gasteiger partial charge on any atom is 0.156 e. The lowest BCUT2D eigenvalue weighted by Crippen LogP contribution is -2.52. The molecule has 106 valence electrons. The van der Waals surface area contributed by atoms with Crippen LogP contribution in [0.15, 0.2) is 21.1 Å². The Morgan fingerprint density at radius 3 is 2.74 bits per heavy atom. The Kier molecular flexibility index (Phi) is 5.20. The number of amidine groups is 1. The zero-order chi connectivity index (χ0) is 13.8. The highest BCUT2D eigenvalue weighted by molar-refractivity contribution is 9.10. The Balaban J connectivity index is 1.82. The van der Waals surface area contributed by atoms with Crippen LogP contribution in [0.5, 0.6) is 0 Å². The second-order valence-electron chi connectivity index (χ2n) is 4.74. The van der Waals surface area contributed by atoms with Gasteiger partial charge in [0.05, 0.1) is 6.04 Å². The first-order valence-corrected chi connectivity index (χ1v) is 7.94. The van der Waals surface area contributed by atoms with Gasteiger partial charge in [-0.05, 0) is 28.9 Å². The number of oxime groups is 1. The number of halogens is 1. The smallest absolute Gasteiger partial charge is 0.156 e. The van der Waals surface area contributed by atoms with Gasteiger partial charge in [-0.15, -0.1) is 11.3 Å². The Bertz CT molecular complexity index is 443. The van der Waals surface area contributed by atoms with Crippen molar-refractivity contribution in [2.75, 3.05) is 26.2 Å². The Hall–Kier alpha value is -0.630. The minimum absolute atomic E-state index is 0.00281. The maximum absolute atomic E-state index is 8.71. The van der Waals surface area contributed by atoms with Crippen LogP contribution in [-0.4, -0.2) is 53.1 Å². The van der Waals surface area contributed by atoms with Crippen LogP contribution in [0.2, 0.25) is 0 Å². The number of thiophene rings is 1. The monoisotopic (exact) mass is 346 g/mol. The first kappa shape index (κ1) is 14.8. The van der Waals surface area contributed by atoms with E-state index in [0.717, 1.165) is 37.2 Å². The van der Waals surface area contributed by atoms with E-state index in [0.29, 0.717) is 0 Å². The van der Waals surface area contributed by atoms with Crippen molar-refractivity contribution in [2.45, 2.75) is 19.5 Å². The number of piperazine rings is 1. The topological polar surface area (TPSA) is 65.1 Å². The fourth-order valence-corrected chi connectivity index (χ4v) is 3.73. The summed E-state index contributed by atoms with van der Waals surface area (Å²) in [7, 11) is 0. The molecule has 0 bridgehead atoms. The third-order valence-electron chi connectivity index (χ3n) is 3.50. The summed E-state index contributed by atoms with van der Waals surface area (Å²) in [5.74, 6) is 0.288. The van der Waals surface area contributed by atoms with Crippen molar-refractivity contribution in [3.05, 3.63) is 20.8 Å². The molecule has 1 aliphatic heterocycles. The molecule has 5 nitrogen and oxygen atoms in total. The van der Waals surface area contributed by atoms with Crippen molar-refractivity contribution in [3.8, 4) is 0 Å². The normalized spacial score (nSPS) is 20.6. The van der Waals surface area contributed by atoms with Crippen molar-refractivity contribution in [1.82, 2.24) is 9.80 Å². The first-order chi connectivity index (χ1) is 9.10. The minimum Gasteiger partial charge on any atom is -0.409 e. The van der Waals surface area contributed by atoms with Crippen LogP contribution in [0.25, 0.3) is 0 Å². The van der Waals surface area contributed by atoms with E-state index in [4.69, 9.17) is 10.9 Å². The molecule has 2 heterocycles. The van der Waals surface area contributed by atoms with Crippen LogP contribution < -0.4 is 5.73 Å². The quantitative estimate of drug-likeness (QED) is 0.377. The fraction of sp³-hybridized carbons (Fsp3) is 0.583.